The Morgan fingerprint density at radius 2 is 1.91 bits per heavy atom. The number of carboxylic acid groups (broad SMARTS) is 1. The molecule has 3 N–H and O–H groups in total. The summed E-state index contributed by atoms with van der Waals surface area (Å²) in [5.41, 5.74) is 2.98. The first kappa shape index (κ1) is 25.7. The SMILES string of the molecule is CSCC[C@H](NC(=O)c1ccc(CNC(=S)Sc2cccnc2)cc1-c1ccccc1)C(=O)O. The number of nitrogens with one attached hydrogen (secondary N) is 2. The summed E-state index contributed by atoms with van der Waals surface area (Å²) in [6.45, 7) is 0.485. The molecule has 1 amide bonds. The molecule has 1 atom stereocenters. The molecule has 1 heterocycles. The molecule has 3 rings (SSSR count). The fourth-order valence-corrected chi connectivity index (χ4v) is 4.66. The molecule has 0 aliphatic heterocycles. The number of thiocarbonyl (C=S) groups is 1. The van der Waals surface area contributed by atoms with Gasteiger partial charge in [0.25, 0.3) is 5.91 Å². The zero-order valence-electron chi connectivity index (χ0n) is 18.6. The Kier molecular flexibility index (Phi) is 9.93. The average molecular weight is 512 g/mol. The molecule has 1 aromatic heterocycles. The first-order valence-corrected chi connectivity index (χ1v) is 13.2. The molecule has 0 aliphatic carbocycles. The third-order valence-electron chi connectivity index (χ3n) is 4.91. The Labute approximate surface area is 213 Å². The van der Waals surface area contributed by atoms with E-state index in [2.05, 4.69) is 15.6 Å². The Bertz CT molecular complexity index is 1130. The minimum atomic E-state index is -1.04. The number of thioether (sulfide) groups is 2. The van der Waals surface area contributed by atoms with Crippen molar-refractivity contribution in [3.63, 3.8) is 0 Å². The third-order valence-corrected chi connectivity index (χ3v) is 6.75. The predicted octanol–water partition coefficient (Wildman–Crippen LogP) is 4.85. The van der Waals surface area contributed by atoms with Gasteiger partial charge >= 0.3 is 5.97 Å². The van der Waals surface area contributed by atoms with Crippen LogP contribution in [-0.4, -0.2) is 44.3 Å². The molecule has 0 aliphatic rings. The second-order valence-corrected chi connectivity index (χ2v) is 10.1. The summed E-state index contributed by atoms with van der Waals surface area (Å²) in [7, 11) is 0. The highest BCUT2D eigenvalue weighted by atomic mass is 32.2. The van der Waals surface area contributed by atoms with Gasteiger partial charge in [-0.15, -0.1) is 0 Å². The second kappa shape index (κ2) is 13.1. The van der Waals surface area contributed by atoms with Gasteiger partial charge in [-0.3, -0.25) is 9.78 Å². The van der Waals surface area contributed by atoms with E-state index in [1.165, 1.54) is 11.8 Å². The molecular weight excluding hydrogens is 486 g/mol. The lowest BCUT2D eigenvalue weighted by Crippen LogP contribution is -2.41. The van der Waals surface area contributed by atoms with E-state index >= 15 is 0 Å². The molecule has 0 unspecified atom stereocenters. The number of aromatic nitrogens is 1. The minimum Gasteiger partial charge on any atom is -0.480 e. The van der Waals surface area contributed by atoms with Crippen LogP contribution in [0.5, 0.6) is 0 Å². The lowest BCUT2D eigenvalue weighted by molar-refractivity contribution is -0.139. The van der Waals surface area contributed by atoms with Crippen molar-refractivity contribution in [2.24, 2.45) is 0 Å². The fraction of sp³-hybridized carbons (Fsp3) is 0.200. The van der Waals surface area contributed by atoms with E-state index in [9.17, 15) is 14.7 Å². The maximum absolute atomic E-state index is 13.1. The fourth-order valence-electron chi connectivity index (χ4n) is 3.21. The number of benzene rings is 2. The van der Waals surface area contributed by atoms with Crippen molar-refractivity contribution in [3.05, 3.63) is 84.2 Å². The lowest BCUT2D eigenvalue weighted by atomic mass is 9.96. The first-order valence-electron chi connectivity index (χ1n) is 10.5. The summed E-state index contributed by atoms with van der Waals surface area (Å²) in [6.07, 6.45) is 5.73. The van der Waals surface area contributed by atoms with E-state index in [1.807, 2.05) is 60.9 Å². The van der Waals surface area contributed by atoms with Crippen molar-refractivity contribution in [3.8, 4) is 11.1 Å². The number of amides is 1. The van der Waals surface area contributed by atoms with Gasteiger partial charge in [0.05, 0.1) is 0 Å². The summed E-state index contributed by atoms with van der Waals surface area (Å²) in [5, 5.41) is 15.4. The van der Waals surface area contributed by atoms with E-state index in [0.29, 0.717) is 28.6 Å². The summed E-state index contributed by atoms with van der Waals surface area (Å²) in [5.74, 6) is -0.802. The summed E-state index contributed by atoms with van der Waals surface area (Å²) in [6, 6.07) is 17.9. The highest BCUT2D eigenvalue weighted by Crippen LogP contribution is 2.26. The van der Waals surface area contributed by atoms with E-state index in [1.54, 1.807) is 30.2 Å². The maximum atomic E-state index is 13.1. The number of carbonyl (C=O) groups excluding carboxylic acids is 1. The van der Waals surface area contributed by atoms with Crippen molar-refractivity contribution in [1.82, 2.24) is 15.6 Å². The Morgan fingerprint density at radius 1 is 1.12 bits per heavy atom. The molecule has 2 aromatic carbocycles. The monoisotopic (exact) mass is 511 g/mol. The van der Waals surface area contributed by atoms with Crippen LogP contribution in [0, 0.1) is 0 Å². The van der Waals surface area contributed by atoms with E-state index < -0.39 is 17.9 Å². The Morgan fingerprint density at radius 3 is 2.59 bits per heavy atom. The van der Waals surface area contributed by atoms with E-state index in [4.69, 9.17) is 12.2 Å². The second-order valence-electron chi connectivity index (χ2n) is 7.32. The number of pyridine rings is 1. The Hall–Kier alpha value is -2.88. The van der Waals surface area contributed by atoms with Crippen LogP contribution >= 0.6 is 35.7 Å². The molecule has 0 radical (unpaired) electrons. The first-order chi connectivity index (χ1) is 16.5. The molecule has 3 aromatic rings. The molecule has 6 nitrogen and oxygen atoms in total. The van der Waals surface area contributed by atoms with Gasteiger partial charge in [0.15, 0.2) is 0 Å². The number of carbonyl (C=O) groups is 2. The Balaban J connectivity index is 1.78. The van der Waals surface area contributed by atoms with Gasteiger partial charge in [-0.2, -0.15) is 11.8 Å². The van der Waals surface area contributed by atoms with E-state index in [0.717, 1.165) is 21.6 Å². The summed E-state index contributed by atoms with van der Waals surface area (Å²) >= 11 is 8.40. The number of nitrogens with zero attached hydrogens (tertiary/aromatic N) is 1. The quantitative estimate of drug-likeness (QED) is 0.263. The lowest BCUT2D eigenvalue weighted by Gasteiger charge is -2.17. The van der Waals surface area contributed by atoms with Crippen LogP contribution in [0.3, 0.4) is 0 Å². The number of hydrogen-bond donors (Lipinski definition) is 3. The van der Waals surface area contributed by atoms with Crippen LogP contribution in [0.15, 0.2) is 78.0 Å². The van der Waals surface area contributed by atoms with Crippen LogP contribution in [0.2, 0.25) is 0 Å². The van der Waals surface area contributed by atoms with Crippen LogP contribution in [-0.2, 0) is 11.3 Å². The molecule has 9 heteroatoms. The average Bonchev–Trinajstić information content (AvgIpc) is 2.86. The molecule has 176 valence electrons. The molecule has 0 spiro atoms. The van der Waals surface area contributed by atoms with Gasteiger partial charge in [-0.05, 0) is 59.4 Å². The van der Waals surface area contributed by atoms with Crippen molar-refractivity contribution in [2.45, 2.75) is 23.9 Å². The predicted molar refractivity (Wildman–Crippen MR) is 143 cm³/mol. The maximum Gasteiger partial charge on any atom is 0.326 e. The normalized spacial score (nSPS) is 11.4. The van der Waals surface area contributed by atoms with Crippen LogP contribution in [0.1, 0.15) is 22.3 Å². The largest absolute Gasteiger partial charge is 0.480 e. The van der Waals surface area contributed by atoms with Gasteiger partial charge in [-0.25, -0.2) is 4.79 Å². The topological polar surface area (TPSA) is 91.3 Å². The molecule has 0 saturated carbocycles. The standard InChI is InChI=1S/C25H25N3O3S3/c1-33-13-11-22(24(30)31)28-23(29)20-10-9-17(14-21(20)18-6-3-2-4-7-18)15-27-25(32)34-19-8-5-12-26-16-19/h2-10,12,14,16,22H,11,13,15H2,1H3,(H,27,32)(H,28,29)(H,30,31)/t22-/m0/s1. The van der Waals surface area contributed by atoms with Gasteiger partial charge in [0.2, 0.25) is 0 Å². The highest BCUT2D eigenvalue weighted by molar-refractivity contribution is 8.23. The van der Waals surface area contributed by atoms with Crippen molar-refractivity contribution in [1.29, 1.82) is 0 Å². The van der Waals surface area contributed by atoms with Crippen molar-refractivity contribution >= 4 is 51.9 Å². The van der Waals surface area contributed by atoms with Crippen LogP contribution in [0.25, 0.3) is 11.1 Å². The zero-order valence-corrected chi connectivity index (χ0v) is 21.0. The highest BCUT2D eigenvalue weighted by Gasteiger charge is 2.22. The zero-order chi connectivity index (χ0) is 24.3. The molecule has 0 fully saturated rings. The van der Waals surface area contributed by atoms with Crippen LogP contribution < -0.4 is 10.6 Å². The van der Waals surface area contributed by atoms with E-state index in [-0.39, 0.29) is 0 Å². The van der Waals surface area contributed by atoms with Crippen molar-refractivity contribution in [2.75, 3.05) is 12.0 Å². The van der Waals surface area contributed by atoms with Gasteiger partial charge in [-0.1, -0.05) is 60.4 Å². The summed E-state index contributed by atoms with van der Waals surface area (Å²) in [4.78, 5) is 29.7. The number of hydrogen-bond acceptors (Lipinski definition) is 6. The summed E-state index contributed by atoms with van der Waals surface area (Å²) < 4.78 is 0.620. The third kappa shape index (κ3) is 7.58. The number of rotatable bonds is 10. The van der Waals surface area contributed by atoms with Gasteiger partial charge < -0.3 is 15.7 Å². The number of aliphatic carboxylic acids is 1. The number of carboxylic acids is 1. The van der Waals surface area contributed by atoms with Crippen molar-refractivity contribution < 1.29 is 14.7 Å². The van der Waals surface area contributed by atoms with Crippen LogP contribution in [0.4, 0.5) is 0 Å². The van der Waals surface area contributed by atoms with Gasteiger partial charge in [0, 0.05) is 29.4 Å². The van der Waals surface area contributed by atoms with Gasteiger partial charge in [0.1, 0.15) is 10.4 Å². The molecule has 34 heavy (non-hydrogen) atoms. The molecule has 0 saturated heterocycles. The molecular formula is C25H25N3O3S3. The molecule has 0 bridgehead atoms. The minimum absolute atomic E-state index is 0.358. The smallest absolute Gasteiger partial charge is 0.326 e.